The molecule has 0 aromatic heterocycles. The van der Waals surface area contributed by atoms with E-state index in [1.54, 1.807) is 0 Å². The molecule has 0 aromatic rings. The number of hydrogen-bond donors (Lipinski definition) is 2. The fraction of sp³-hybridized carbons (Fsp3) is 0.929. The molecule has 2 heteroatoms. The maximum atomic E-state index is 11.3. The largest absolute Gasteiger partial charge is 0.393 e. The third-order valence-electron chi connectivity index (χ3n) is 11.1. The summed E-state index contributed by atoms with van der Waals surface area (Å²) in [5, 5.41) is 21.5. The van der Waals surface area contributed by atoms with Crippen molar-refractivity contribution in [1.29, 1.82) is 0 Å². The number of fused-ring (bicyclic) bond motifs is 5. The van der Waals surface area contributed by atoms with Crippen molar-refractivity contribution in [3.05, 3.63) is 11.6 Å². The minimum atomic E-state index is -0.303. The van der Waals surface area contributed by atoms with Gasteiger partial charge in [-0.05, 0) is 97.2 Å². The van der Waals surface area contributed by atoms with Crippen LogP contribution in [0.4, 0.5) is 0 Å². The molecule has 0 heterocycles. The Bertz CT molecular complexity index is 653. The molecule has 2 nitrogen and oxygen atoms in total. The van der Waals surface area contributed by atoms with E-state index in [4.69, 9.17) is 0 Å². The Morgan fingerprint density at radius 2 is 1.67 bits per heavy atom. The molecule has 3 saturated carbocycles. The molecule has 3 fully saturated rings. The van der Waals surface area contributed by atoms with Crippen LogP contribution in [0.1, 0.15) is 99.3 Å². The Morgan fingerprint density at radius 1 is 0.933 bits per heavy atom. The first-order chi connectivity index (χ1) is 14.1. The third kappa shape index (κ3) is 3.62. The second kappa shape index (κ2) is 8.22. The summed E-state index contributed by atoms with van der Waals surface area (Å²) in [5.41, 5.74) is 1.98. The molecule has 30 heavy (non-hydrogen) atoms. The van der Waals surface area contributed by atoms with Gasteiger partial charge in [-0.15, -0.1) is 0 Å². The van der Waals surface area contributed by atoms with Crippen LogP contribution in [-0.2, 0) is 0 Å². The zero-order chi connectivity index (χ0) is 21.8. The number of aliphatic hydroxyl groups is 2. The monoisotopic (exact) mass is 416 g/mol. The van der Waals surface area contributed by atoms with Crippen LogP contribution in [0.25, 0.3) is 0 Å². The second-order valence-electron chi connectivity index (χ2n) is 12.8. The molecule has 4 rings (SSSR count). The number of rotatable bonds is 5. The first kappa shape index (κ1) is 22.8. The summed E-state index contributed by atoms with van der Waals surface area (Å²) in [4.78, 5) is 0. The van der Waals surface area contributed by atoms with E-state index in [0.29, 0.717) is 23.2 Å². The van der Waals surface area contributed by atoms with Crippen molar-refractivity contribution in [3.63, 3.8) is 0 Å². The van der Waals surface area contributed by atoms with Gasteiger partial charge >= 0.3 is 0 Å². The van der Waals surface area contributed by atoms with E-state index >= 15 is 0 Å². The van der Waals surface area contributed by atoms with Crippen LogP contribution >= 0.6 is 0 Å². The van der Waals surface area contributed by atoms with E-state index in [9.17, 15) is 10.2 Å². The van der Waals surface area contributed by atoms with Crippen molar-refractivity contribution in [3.8, 4) is 0 Å². The molecular weight excluding hydrogens is 368 g/mol. The van der Waals surface area contributed by atoms with E-state index in [1.807, 2.05) is 0 Å². The molecule has 4 aliphatic carbocycles. The van der Waals surface area contributed by atoms with E-state index in [2.05, 4.69) is 47.6 Å². The maximum Gasteiger partial charge on any atom is 0.0757 e. The molecule has 0 aromatic carbocycles. The molecular formula is C28H48O2. The quantitative estimate of drug-likeness (QED) is 0.495. The first-order valence-electron chi connectivity index (χ1n) is 13.1. The standard InChI is InChI=1S/C28H48O2/c1-17(2)18(3)7-8-19(4)22-9-10-23-26-24(12-14-28(22,23)6)27(5)13-11-21(29)15-20(27)16-25(26)30/h16-19,21-26,29-30H,7-15H2,1-6H3/t18-,19-,21-,22+,23-,24-,25-,26-,27-,28+/m0/s1. The fourth-order valence-corrected chi connectivity index (χ4v) is 8.67. The van der Waals surface area contributed by atoms with Gasteiger partial charge in [-0.3, -0.25) is 0 Å². The van der Waals surface area contributed by atoms with Crippen LogP contribution in [0.3, 0.4) is 0 Å². The highest BCUT2D eigenvalue weighted by atomic mass is 16.3. The van der Waals surface area contributed by atoms with Gasteiger partial charge in [0, 0.05) is 0 Å². The molecule has 0 saturated heterocycles. The minimum absolute atomic E-state index is 0.202. The van der Waals surface area contributed by atoms with Gasteiger partial charge in [0.2, 0.25) is 0 Å². The average Bonchev–Trinajstić information content (AvgIpc) is 3.04. The van der Waals surface area contributed by atoms with Crippen LogP contribution < -0.4 is 0 Å². The summed E-state index contributed by atoms with van der Waals surface area (Å²) in [6, 6.07) is 0. The van der Waals surface area contributed by atoms with Gasteiger partial charge in [0.05, 0.1) is 12.2 Å². The van der Waals surface area contributed by atoms with Gasteiger partial charge in [0.25, 0.3) is 0 Å². The van der Waals surface area contributed by atoms with Gasteiger partial charge < -0.3 is 10.2 Å². The highest BCUT2D eigenvalue weighted by molar-refractivity contribution is 5.27. The summed E-state index contributed by atoms with van der Waals surface area (Å²) in [6.07, 6.45) is 12.5. The summed E-state index contributed by atoms with van der Waals surface area (Å²) < 4.78 is 0. The SMILES string of the molecule is CC(C)[C@@H](C)CC[C@H](C)[C@H]1CC[C@H]2[C@@H]3[C@@H](O)C=C4C[C@@H](O)CC[C@]4(C)[C@H]3CC[C@]12C. The van der Waals surface area contributed by atoms with Crippen LogP contribution in [-0.4, -0.2) is 22.4 Å². The molecule has 172 valence electrons. The predicted molar refractivity (Wildman–Crippen MR) is 125 cm³/mol. The lowest BCUT2D eigenvalue weighted by Crippen LogP contribution is -2.54. The summed E-state index contributed by atoms with van der Waals surface area (Å²) in [6.45, 7) is 14.7. The van der Waals surface area contributed by atoms with E-state index in [1.165, 1.54) is 44.1 Å². The van der Waals surface area contributed by atoms with Gasteiger partial charge in [-0.2, -0.15) is 0 Å². The van der Waals surface area contributed by atoms with Gasteiger partial charge in [0.1, 0.15) is 0 Å². The normalized spacial score (nSPS) is 47.8. The molecule has 10 atom stereocenters. The highest BCUT2D eigenvalue weighted by Gasteiger charge is 2.61. The zero-order valence-electron chi connectivity index (χ0n) is 20.5. The van der Waals surface area contributed by atoms with E-state index in [0.717, 1.165) is 42.9 Å². The summed E-state index contributed by atoms with van der Waals surface area (Å²) in [5.74, 6) is 4.92. The molecule has 0 amide bonds. The lowest BCUT2D eigenvalue weighted by molar-refractivity contribution is -0.0971. The summed E-state index contributed by atoms with van der Waals surface area (Å²) in [7, 11) is 0. The van der Waals surface area contributed by atoms with Crippen LogP contribution in [0.15, 0.2) is 11.6 Å². The lowest BCUT2D eigenvalue weighted by atomic mass is 9.46. The smallest absolute Gasteiger partial charge is 0.0757 e. The number of aliphatic hydroxyl groups excluding tert-OH is 2. The molecule has 2 N–H and O–H groups in total. The first-order valence-corrected chi connectivity index (χ1v) is 13.1. The Kier molecular flexibility index (Phi) is 6.26. The van der Waals surface area contributed by atoms with Crippen molar-refractivity contribution >= 4 is 0 Å². The molecule has 0 aliphatic heterocycles. The Morgan fingerprint density at radius 3 is 2.37 bits per heavy atom. The highest BCUT2D eigenvalue weighted by Crippen LogP contribution is 2.67. The minimum Gasteiger partial charge on any atom is -0.393 e. The van der Waals surface area contributed by atoms with Gasteiger partial charge in [0.15, 0.2) is 0 Å². The van der Waals surface area contributed by atoms with Crippen molar-refractivity contribution < 1.29 is 10.2 Å². The van der Waals surface area contributed by atoms with Crippen LogP contribution in [0, 0.1) is 52.3 Å². The van der Waals surface area contributed by atoms with Crippen molar-refractivity contribution in [1.82, 2.24) is 0 Å². The Labute approximate surface area is 185 Å². The van der Waals surface area contributed by atoms with Crippen molar-refractivity contribution in [2.24, 2.45) is 52.3 Å². The lowest BCUT2D eigenvalue weighted by Gasteiger charge is -2.59. The molecule has 0 unspecified atom stereocenters. The Hall–Kier alpha value is -0.340. The van der Waals surface area contributed by atoms with E-state index in [-0.39, 0.29) is 17.6 Å². The molecule has 0 radical (unpaired) electrons. The third-order valence-corrected chi connectivity index (χ3v) is 11.1. The van der Waals surface area contributed by atoms with E-state index < -0.39 is 0 Å². The van der Waals surface area contributed by atoms with Gasteiger partial charge in [-0.25, -0.2) is 0 Å². The van der Waals surface area contributed by atoms with Crippen LogP contribution in [0.2, 0.25) is 0 Å². The Balaban J connectivity index is 1.53. The zero-order valence-corrected chi connectivity index (χ0v) is 20.5. The second-order valence-corrected chi connectivity index (χ2v) is 12.8. The fourth-order valence-electron chi connectivity index (χ4n) is 8.67. The average molecular weight is 417 g/mol. The molecule has 0 spiro atoms. The number of hydrogen-bond acceptors (Lipinski definition) is 2. The molecule has 4 aliphatic rings. The predicted octanol–water partition coefficient (Wildman–Crippen LogP) is 6.61. The maximum absolute atomic E-state index is 11.3. The topological polar surface area (TPSA) is 40.5 Å². The van der Waals surface area contributed by atoms with Crippen molar-refractivity contribution in [2.75, 3.05) is 0 Å². The van der Waals surface area contributed by atoms with Crippen LogP contribution in [0.5, 0.6) is 0 Å². The molecule has 0 bridgehead atoms. The van der Waals surface area contributed by atoms with Crippen molar-refractivity contribution in [2.45, 2.75) is 112 Å². The summed E-state index contributed by atoms with van der Waals surface area (Å²) >= 11 is 0. The van der Waals surface area contributed by atoms with Gasteiger partial charge in [-0.1, -0.05) is 66.0 Å².